The summed E-state index contributed by atoms with van der Waals surface area (Å²) >= 11 is 2.09. The van der Waals surface area contributed by atoms with Gasteiger partial charge in [0.2, 0.25) is 0 Å². The molecule has 0 bridgehead atoms. The van der Waals surface area contributed by atoms with Crippen LogP contribution in [0, 0.1) is 5.92 Å². The molecule has 2 heterocycles. The summed E-state index contributed by atoms with van der Waals surface area (Å²) in [4.78, 5) is 6.92. The summed E-state index contributed by atoms with van der Waals surface area (Å²) in [6.45, 7) is 10.3. The van der Waals surface area contributed by atoms with Gasteiger partial charge >= 0.3 is 0 Å². The highest BCUT2D eigenvalue weighted by Crippen LogP contribution is 2.36. The van der Waals surface area contributed by atoms with Gasteiger partial charge in [-0.15, -0.1) is 0 Å². The van der Waals surface area contributed by atoms with Crippen molar-refractivity contribution in [1.29, 1.82) is 0 Å². The van der Waals surface area contributed by atoms with Crippen LogP contribution in [0.15, 0.2) is 4.99 Å². The number of piperidine rings is 1. The van der Waals surface area contributed by atoms with Gasteiger partial charge in [0.25, 0.3) is 0 Å². The van der Waals surface area contributed by atoms with Gasteiger partial charge in [-0.05, 0) is 50.8 Å². The number of aliphatic imine (C=N–C) groups is 1. The van der Waals surface area contributed by atoms with Crippen molar-refractivity contribution < 1.29 is 0 Å². The van der Waals surface area contributed by atoms with Crippen LogP contribution in [0.1, 0.15) is 39.5 Å². The van der Waals surface area contributed by atoms with E-state index in [9.17, 15) is 0 Å². The molecule has 0 aromatic rings. The third kappa shape index (κ3) is 5.70. The van der Waals surface area contributed by atoms with Crippen molar-refractivity contribution in [1.82, 2.24) is 15.5 Å². The van der Waals surface area contributed by atoms with Crippen LogP contribution in [0.4, 0.5) is 0 Å². The first-order valence-corrected chi connectivity index (χ1v) is 9.41. The van der Waals surface area contributed by atoms with Gasteiger partial charge in [0, 0.05) is 38.0 Å². The summed E-state index contributed by atoms with van der Waals surface area (Å²) in [7, 11) is 1.86. The Morgan fingerprint density at radius 2 is 2.24 bits per heavy atom. The van der Waals surface area contributed by atoms with Crippen molar-refractivity contribution in [3.63, 3.8) is 0 Å². The standard InChI is InChI=1S/C16H32N4S/c1-14-6-4-9-20(12-14)10-8-18-15(17-3)19-13-16(2)7-5-11-21-16/h14H,4-13H2,1-3H3,(H2,17,18,19). The minimum Gasteiger partial charge on any atom is -0.355 e. The zero-order valence-electron chi connectivity index (χ0n) is 14.0. The molecule has 0 saturated carbocycles. The molecule has 5 heteroatoms. The van der Waals surface area contributed by atoms with Crippen LogP contribution in [0.3, 0.4) is 0 Å². The van der Waals surface area contributed by atoms with Crippen LogP contribution in [0.2, 0.25) is 0 Å². The van der Waals surface area contributed by atoms with Crippen molar-refractivity contribution in [3.05, 3.63) is 0 Å². The van der Waals surface area contributed by atoms with Crippen molar-refractivity contribution >= 4 is 17.7 Å². The van der Waals surface area contributed by atoms with E-state index in [1.54, 1.807) is 0 Å². The number of rotatable bonds is 5. The zero-order chi connectivity index (χ0) is 15.1. The maximum atomic E-state index is 4.34. The first-order chi connectivity index (χ1) is 10.1. The van der Waals surface area contributed by atoms with Crippen molar-refractivity contribution in [3.8, 4) is 0 Å². The molecule has 0 amide bonds. The Labute approximate surface area is 134 Å². The minimum atomic E-state index is 0.389. The molecular formula is C16H32N4S. The fourth-order valence-electron chi connectivity index (χ4n) is 3.29. The molecule has 2 fully saturated rings. The third-order valence-corrected chi connectivity index (χ3v) is 6.15. The number of hydrogen-bond donors (Lipinski definition) is 2. The summed E-state index contributed by atoms with van der Waals surface area (Å²) in [5.41, 5.74) is 0. The molecule has 0 aromatic heterocycles. The van der Waals surface area contributed by atoms with Gasteiger partial charge in [-0.25, -0.2) is 0 Å². The van der Waals surface area contributed by atoms with E-state index in [1.807, 2.05) is 7.05 Å². The SMILES string of the molecule is CN=C(NCCN1CCCC(C)C1)NCC1(C)CCCS1. The topological polar surface area (TPSA) is 39.7 Å². The summed E-state index contributed by atoms with van der Waals surface area (Å²) in [5.74, 6) is 3.11. The second-order valence-electron chi connectivity index (χ2n) is 6.80. The van der Waals surface area contributed by atoms with Gasteiger partial charge in [-0.3, -0.25) is 4.99 Å². The minimum absolute atomic E-state index is 0.389. The fraction of sp³-hybridized carbons (Fsp3) is 0.938. The first kappa shape index (κ1) is 16.9. The van der Waals surface area contributed by atoms with Gasteiger partial charge < -0.3 is 15.5 Å². The molecule has 0 aliphatic carbocycles. The Bertz CT molecular complexity index is 339. The Morgan fingerprint density at radius 3 is 2.90 bits per heavy atom. The maximum absolute atomic E-state index is 4.34. The molecule has 4 nitrogen and oxygen atoms in total. The normalized spacial score (nSPS) is 31.4. The summed E-state index contributed by atoms with van der Waals surface area (Å²) in [5, 5.41) is 6.96. The molecule has 2 unspecified atom stereocenters. The predicted molar refractivity (Wildman–Crippen MR) is 94.3 cm³/mol. The predicted octanol–water partition coefficient (Wildman–Crippen LogP) is 2.17. The second kappa shape index (κ2) is 8.28. The van der Waals surface area contributed by atoms with Crippen LogP contribution < -0.4 is 10.6 Å². The molecular weight excluding hydrogens is 280 g/mol. The third-order valence-electron chi connectivity index (χ3n) is 4.62. The van der Waals surface area contributed by atoms with E-state index in [0.717, 1.165) is 31.5 Å². The number of nitrogens with zero attached hydrogens (tertiary/aromatic N) is 2. The highest BCUT2D eigenvalue weighted by Gasteiger charge is 2.29. The van der Waals surface area contributed by atoms with E-state index < -0.39 is 0 Å². The molecule has 2 atom stereocenters. The number of thioether (sulfide) groups is 1. The fourth-order valence-corrected chi connectivity index (χ4v) is 4.53. The molecule has 0 radical (unpaired) electrons. The Balaban J connectivity index is 1.63. The smallest absolute Gasteiger partial charge is 0.191 e. The van der Waals surface area contributed by atoms with E-state index in [0.29, 0.717) is 4.75 Å². The van der Waals surface area contributed by atoms with Crippen LogP contribution in [-0.4, -0.2) is 61.1 Å². The van der Waals surface area contributed by atoms with Crippen LogP contribution in [0.25, 0.3) is 0 Å². The lowest BCUT2D eigenvalue weighted by atomic mass is 10.0. The van der Waals surface area contributed by atoms with Crippen molar-refractivity contribution in [2.24, 2.45) is 10.9 Å². The molecule has 2 rings (SSSR count). The monoisotopic (exact) mass is 312 g/mol. The number of guanidine groups is 1. The van der Waals surface area contributed by atoms with Gasteiger partial charge in [0.05, 0.1) is 0 Å². The lowest BCUT2D eigenvalue weighted by Crippen LogP contribution is -2.46. The molecule has 0 aromatic carbocycles. The molecule has 2 N–H and O–H groups in total. The Morgan fingerprint density at radius 1 is 1.38 bits per heavy atom. The maximum Gasteiger partial charge on any atom is 0.191 e. The van der Waals surface area contributed by atoms with E-state index in [1.165, 1.54) is 44.5 Å². The lowest BCUT2D eigenvalue weighted by molar-refractivity contribution is 0.187. The largest absolute Gasteiger partial charge is 0.355 e. The van der Waals surface area contributed by atoms with Gasteiger partial charge in [-0.2, -0.15) is 11.8 Å². The van der Waals surface area contributed by atoms with Crippen molar-refractivity contribution in [2.75, 3.05) is 45.5 Å². The summed E-state index contributed by atoms with van der Waals surface area (Å²) in [6, 6.07) is 0. The molecule has 0 spiro atoms. The van der Waals surface area contributed by atoms with E-state index in [4.69, 9.17) is 0 Å². The Hall–Kier alpha value is -0.420. The quantitative estimate of drug-likeness (QED) is 0.603. The molecule has 2 aliphatic rings. The van der Waals surface area contributed by atoms with Crippen LogP contribution in [-0.2, 0) is 0 Å². The highest BCUT2D eigenvalue weighted by molar-refractivity contribution is 8.00. The Kier molecular flexibility index (Phi) is 6.68. The van der Waals surface area contributed by atoms with E-state index in [2.05, 4.69) is 46.1 Å². The van der Waals surface area contributed by atoms with E-state index >= 15 is 0 Å². The van der Waals surface area contributed by atoms with Crippen LogP contribution >= 0.6 is 11.8 Å². The van der Waals surface area contributed by atoms with E-state index in [-0.39, 0.29) is 0 Å². The van der Waals surface area contributed by atoms with Crippen molar-refractivity contribution in [2.45, 2.75) is 44.3 Å². The van der Waals surface area contributed by atoms with Gasteiger partial charge in [0.15, 0.2) is 5.96 Å². The zero-order valence-corrected chi connectivity index (χ0v) is 14.8. The average Bonchev–Trinajstić information content (AvgIpc) is 2.90. The highest BCUT2D eigenvalue weighted by atomic mass is 32.2. The lowest BCUT2D eigenvalue weighted by Gasteiger charge is -2.31. The molecule has 2 saturated heterocycles. The number of nitrogens with one attached hydrogen (secondary N) is 2. The first-order valence-electron chi connectivity index (χ1n) is 8.42. The molecule has 122 valence electrons. The summed E-state index contributed by atoms with van der Waals surface area (Å²) in [6.07, 6.45) is 5.41. The molecule has 2 aliphatic heterocycles. The molecule has 21 heavy (non-hydrogen) atoms. The second-order valence-corrected chi connectivity index (χ2v) is 8.48. The van der Waals surface area contributed by atoms with Gasteiger partial charge in [-0.1, -0.05) is 6.92 Å². The number of hydrogen-bond acceptors (Lipinski definition) is 3. The van der Waals surface area contributed by atoms with Crippen LogP contribution in [0.5, 0.6) is 0 Å². The van der Waals surface area contributed by atoms with Gasteiger partial charge in [0.1, 0.15) is 0 Å². The average molecular weight is 313 g/mol. The number of likely N-dealkylation sites (tertiary alicyclic amines) is 1. The summed E-state index contributed by atoms with van der Waals surface area (Å²) < 4.78 is 0.389.